The lowest BCUT2D eigenvalue weighted by Crippen LogP contribution is -2.05. The van der Waals surface area contributed by atoms with Crippen molar-refractivity contribution < 1.29 is 4.79 Å². The van der Waals surface area contributed by atoms with Gasteiger partial charge in [0.15, 0.2) is 5.78 Å². The monoisotopic (exact) mass is 205 g/mol. The number of carbonyl (C=O) groups excluding carboxylic acids is 1. The molecular weight excluding hydrogens is 201 g/mol. The van der Waals surface area contributed by atoms with Crippen LogP contribution in [0.25, 0.3) is 0 Å². The minimum Gasteiger partial charge on any atom is -0.291 e. The molecule has 0 unspecified atom stereocenters. The molecule has 1 aromatic rings. The maximum Gasteiger partial charge on any atom is 0.227 e. The zero-order valence-corrected chi connectivity index (χ0v) is 7.72. The van der Waals surface area contributed by atoms with Crippen molar-refractivity contribution in [1.29, 1.82) is 0 Å². The highest BCUT2D eigenvalue weighted by Crippen LogP contribution is 2.07. The van der Waals surface area contributed by atoms with E-state index in [-0.39, 0.29) is 22.2 Å². The number of hydrogen-bond acceptors (Lipinski definition) is 4. The van der Waals surface area contributed by atoms with E-state index in [4.69, 9.17) is 23.2 Å². The molecule has 0 N–H and O–H groups in total. The molecule has 12 heavy (non-hydrogen) atoms. The predicted octanol–water partition coefficient (Wildman–Crippen LogP) is 1.77. The van der Waals surface area contributed by atoms with Gasteiger partial charge in [-0.2, -0.15) is 15.0 Å². The molecule has 0 atom stereocenters. The second-order valence-electron chi connectivity index (χ2n) is 1.97. The summed E-state index contributed by atoms with van der Waals surface area (Å²) in [6, 6.07) is 0. The van der Waals surface area contributed by atoms with Crippen molar-refractivity contribution in [2.75, 3.05) is 0 Å². The number of halogens is 2. The quantitative estimate of drug-likeness (QED) is 0.692. The molecule has 4 nitrogen and oxygen atoms in total. The first-order valence-electron chi connectivity index (χ1n) is 3.23. The smallest absolute Gasteiger partial charge is 0.227 e. The van der Waals surface area contributed by atoms with Gasteiger partial charge >= 0.3 is 0 Å². The van der Waals surface area contributed by atoms with Crippen LogP contribution in [0.5, 0.6) is 0 Å². The van der Waals surface area contributed by atoms with Crippen molar-refractivity contribution in [1.82, 2.24) is 15.0 Å². The molecule has 0 aliphatic heterocycles. The molecular formula is C6H5Cl2N3O. The highest BCUT2D eigenvalue weighted by atomic mass is 35.5. The lowest BCUT2D eigenvalue weighted by molar-refractivity contribution is 0.0978. The van der Waals surface area contributed by atoms with Crippen molar-refractivity contribution in [2.45, 2.75) is 13.3 Å². The Bertz CT molecular complexity index is 295. The molecule has 64 valence electrons. The minimum atomic E-state index is -0.207. The number of hydrogen-bond donors (Lipinski definition) is 0. The number of ketones is 1. The predicted molar refractivity (Wildman–Crippen MR) is 44.5 cm³/mol. The normalized spacial score (nSPS) is 9.92. The van der Waals surface area contributed by atoms with Gasteiger partial charge in [0.25, 0.3) is 0 Å². The van der Waals surface area contributed by atoms with Gasteiger partial charge in [-0.15, -0.1) is 0 Å². The van der Waals surface area contributed by atoms with Crippen LogP contribution in [-0.2, 0) is 0 Å². The molecule has 0 aliphatic carbocycles. The molecule has 0 aliphatic rings. The molecule has 0 fully saturated rings. The molecule has 0 saturated carbocycles. The summed E-state index contributed by atoms with van der Waals surface area (Å²) >= 11 is 10.9. The van der Waals surface area contributed by atoms with E-state index < -0.39 is 0 Å². The Labute approximate surface area is 79.0 Å². The van der Waals surface area contributed by atoms with Gasteiger partial charge in [0.1, 0.15) is 0 Å². The minimum absolute atomic E-state index is 0.0162. The lowest BCUT2D eigenvalue weighted by Gasteiger charge is -1.96. The van der Waals surface area contributed by atoms with Crippen molar-refractivity contribution in [3.8, 4) is 0 Å². The van der Waals surface area contributed by atoms with Crippen LogP contribution in [0.4, 0.5) is 0 Å². The van der Waals surface area contributed by atoms with E-state index in [1.165, 1.54) is 0 Å². The van der Waals surface area contributed by atoms with E-state index in [9.17, 15) is 4.79 Å². The molecule has 0 spiro atoms. The van der Waals surface area contributed by atoms with Gasteiger partial charge in [0, 0.05) is 6.42 Å². The van der Waals surface area contributed by atoms with E-state index in [1.54, 1.807) is 6.92 Å². The number of rotatable bonds is 2. The van der Waals surface area contributed by atoms with Crippen molar-refractivity contribution in [3.63, 3.8) is 0 Å². The van der Waals surface area contributed by atoms with Gasteiger partial charge in [-0.25, -0.2) is 0 Å². The Morgan fingerprint density at radius 1 is 1.25 bits per heavy atom. The topological polar surface area (TPSA) is 55.7 Å². The summed E-state index contributed by atoms with van der Waals surface area (Å²) in [4.78, 5) is 21.8. The van der Waals surface area contributed by atoms with Crippen LogP contribution < -0.4 is 0 Å². The fourth-order valence-electron chi connectivity index (χ4n) is 0.609. The van der Waals surface area contributed by atoms with E-state index >= 15 is 0 Å². The van der Waals surface area contributed by atoms with Crippen LogP contribution in [0.3, 0.4) is 0 Å². The molecule has 0 bridgehead atoms. The summed E-state index contributed by atoms with van der Waals surface area (Å²) in [6.07, 6.45) is 0.316. The first-order valence-corrected chi connectivity index (χ1v) is 3.99. The van der Waals surface area contributed by atoms with E-state index in [1.807, 2.05) is 0 Å². The maximum atomic E-state index is 11.0. The van der Waals surface area contributed by atoms with Crippen molar-refractivity contribution >= 4 is 29.0 Å². The Kier molecular flexibility index (Phi) is 2.94. The Hall–Kier alpha value is -0.740. The number of nitrogens with zero attached hydrogens (tertiary/aromatic N) is 3. The molecule has 1 aromatic heterocycles. The second kappa shape index (κ2) is 3.78. The van der Waals surface area contributed by atoms with E-state index in [0.717, 1.165) is 0 Å². The Balaban J connectivity index is 3.08. The summed E-state index contributed by atoms with van der Waals surface area (Å²) in [5, 5.41) is -0.126. The van der Waals surface area contributed by atoms with Crippen LogP contribution in [0.15, 0.2) is 0 Å². The van der Waals surface area contributed by atoms with Crippen LogP contribution in [0.2, 0.25) is 10.6 Å². The summed E-state index contributed by atoms with van der Waals surface area (Å²) in [5.41, 5.74) is 0. The summed E-state index contributed by atoms with van der Waals surface area (Å²) in [7, 11) is 0. The Morgan fingerprint density at radius 2 is 1.75 bits per heavy atom. The summed E-state index contributed by atoms with van der Waals surface area (Å²) < 4.78 is 0. The molecule has 0 saturated heterocycles. The third-order valence-electron chi connectivity index (χ3n) is 1.15. The zero-order valence-electron chi connectivity index (χ0n) is 6.21. The number of carbonyl (C=O) groups is 1. The average molecular weight is 206 g/mol. The largest absolute Gasteiger partial charge is 0.291 e. The molecule has 6 heteroatoms. The molecule has 0 aromatic carbocycles. The van der Waals surface area contributed by atoms with Gasteiger partial charge in [-0.3, -0.25) is 4.79 Å². The maximum absolute atomic E-state index is 11.0. The second-order valence-corrected chi connectivity index (χ2v) is 2.65. The number of aromatic nitrogens is 3. The van der Waals surface area contributed by atoms with Crippen molar-refractivity contribution in [3.05, 3.63) is 16.4 Å². The van der Waals surface area contributed by atoms with Crippen LogP contribution >= 0.6 is 23.2 Å². The molecule has 0 radical (unpaired) electrons. The fourth-order valence-corrected chi connectivity index (χ4v) is 0.972. The summed E-state index contributed by atoms with van der Waals surface area (Å²) in [5.74, 6) is -0.191. The lowest BCUT2D eigenvalue weighted by atomic mass is 10.3. The van der Waals surface area contributed by atoms with Gasteiger partial charge in [-0.05, 0) is 23.2 Å². The zero-order chi connectivity index (χ0) is 9.14. The van der Waals surface area contributed by atoms with Gasteiger partial charge < -0.3 is 0 Å². The van der Waals surface area contributed by atoms with E-state index in [2.05, 4.69) is 15.0 Å². The summed E-state index contributed by atoms with van der Waals surface area (Å²) in [6.45, 7) is 1.70. The fraction of sp³-hybridized carbons (Fsp3) is 0.333. The van der Waals surface area contributed by atoms with Crippen LogP contribution in [-0.4, -0.2) is 20.7 Å². The molecule has 0 amide bonds. The average Bonchev–Trinajstić information content (AvgIpc) is 2.01. The highest BCUT2D eigenvalue weighted by Gasteiger charge is 2.09. The van der Waals surface area contributed by atoms with Gasteiger partial charge in [0.05, 0.1) is 0 Å². The SMILES string of the molecule is CCC(=O)c1nc(Cl)nc(Cl)n1. The van der Waals surface area contributed by atoms with Crippen LogP contribution in [0, 0.1) is 0 Å². The third kappa shape index (κ3) is 2.12. The van der Waals surface area contributed by atoms with Crippen LogP contribution in [0.1, 0.15) is 24.0 Å². The third-order valence-corrected chi connectivity index (χ3v) is 1.49. The number of Topliss-reactive ketones (excluding diaryl/α,β-unsaturated/α-hetero) is 1. The highest BCUT2D eigenvalue weighted by molar-refractivity contribution is 6.31. The molecule has 1 heterocycles. The van der Waals surface area contributed by atoms with E-state index in [0.29, 0.717) is 6.42 Å². The molecule has 1 rings (SSSR count). The first kappa shape index (κ1) is 9.35. The first-order chi connectivity index (χ1) is 5.63. The van der Waals surface area contributed by atoms with Crippen molar-refractivity contribution in [2.24, 2.45) is 0 Å². The van der Waals surface area contributed by atoms with Gasteiger partial charge in [-0.1, -0.05) is 6.92 Å². The Morgan fingerprint density at radius 3 is 2.17 bits per heavy atom. The van der Waals surface area contributed by atoms with Gasteiger partial charge in [0.2, 0.25) is 16.4 Å². The standard InChI is InChI=1S/C6H5Cl2N3O/c1-2-3(12)4-9-5(7)11-6(8)10-4/h2H2,1H3.